The summed E-state index contributed by atoms with van der Waals surface area (Å²) in [5.41, 5.74) is 19.7. The predicted octanol–water partition coefficient (Wildman–Crippen LogP) is 13.9. The summed E-state index contributed by atoms with van der Waals surface area (Å²) in [7, 11) is 0. The Morgan fingerprint density at radius 2 is 0.844 bits per heavy atom. The Morgan fingerprint density at radius 1 is 0.328 bits per heavy atom. The van der Waals surface area contributed by atoms with Gasteiger partial charge in [0.2, 0.25) is 0 Å². The molecule has 298 valence electrons. The highest BCUT2D eigenvalue weighted by molar-refractivity contribution is 6.99. The average Bonchev–Trinajstić information content (AvgIpc) is 3.72. The zero-order chi connectivity index (χ0) is 42.1. The molecule has 3 nitrogen and oxygen atoms in total. The summed E-state index contributed by atoms with van der Waals surface area (Å²) in [6, 6.07) is 85.8. The molecule has 2 aliphatic rings. The lowest BCUT2D eigenvalue weighted by Crippen LogP contribution is -2.59. The van der Waals surface area contributed by atoms with E-state index in [0.29, 0.717) is 0 Å². The van der Waals surface area contributed by atoms with Gasteiger partial charge in [-0.05, 0) is 80.1 Å². The van der Waals surface area contributed by atoms with Crippen molar-refractivity contribution in [3.05, 3.63) is 237 Å². The van der Waals surface area contributed by atoms with Crippen molar-refractivity contribution in [1.29, 1.82) is 0 Å². The topological polar surface area (TPSA) is 17.4 Å². The highest BCUT2D eigenvalue weighted by Crippen LogP contribution is 2.47. The van der Waals surface area contributed by atoms with Crippen LogP contribution in [0.3, 0.4) is 0 Å². The lowest BCUT2D eigenvalue weighted by atomic mass is 9.34. The smallest absolute Gasteiger partial charge is 0.256 e. The maximum absolute atomic E-state index is 7.17. The van der Waals surface area contributed by atoms with Gasteiger partial charge in [0.15, 0.2) is 0 Å². The molecule has 11 aromatic rings. The van der Waals surface area contributed by atoms with E-state index >= 15 is 0 Å². The summed E-state index contributed by atoms with van der Waals surface area (Å²) in [6.45, 7) is -0.0552. The molecule has 0 aliphatic carbocycles. The fourth-order valence-corrected chi connectivity index (χ4v) is 10.4. The van der Waals surface area contributed by atoms with Crippen LogP contribution in [0, 0.1) is 0 Å². The van der Waals surface area contributed by atoms with Crippen LogP contribution in [0.25, 0.3) is 72.0 Å². The molecule has 0 atom stereocenters. The van der Waals surface area contributed by atoms with Crippen molar-refractivity contribution in [3.8, 4) is 61.7 Å². The Labute approximate surface area is 372 Å². The maximum atomic E-state index is 7.17. The van der Waals surface area contributed by atoms with Crippen molar-refractivity contribution >= 4 is 62.0 Å². The van der Waals surface area contributed by atoms with Crippen LogP contribution in [0.5, 0.6) is 11.5 Å². The van der Waals surface area contributed by atoms with Crippen molar-refractivity contribution < 1.29 is 4.74 Å². The number of aromatic nitrogens is 1. The van der Waals surface area contributed by atoms with Gasteiger partial charge in [0.05, 0.1) is 16.7 Å². The molecule has 64 heavy (non-hydrogen) atoms. The second kappa shape index (κ2) is 14.6. The van der Waals surface area contributed by atoms with Gasteiger partial charge >= 0.3 is 0 Å². The van der Waals surface area contributed by atoms with Crippen molar-refractivity contribution in [3.63, 3.8) is 0 Å². The molecule has 0 spiro atoms. The SMILES string of the molecule is c1ccc(-c2ccc(N3c4ccc(-c5ccccc5)cc4B4c5ccccc5Oc5cc(-n6c7c(-c8ccccc8)cccc7c7cccc(-c8ccccc8)c76)cc3c54)cc2)cc1. The molecule has 0 unspecified atom stereocenters. The van der Waals surface area contributed by atoms with Crippen LogP contribution < -0.4 is 26.0 Å². The molecule has 13 rings (SSSR count). The number of ether oxygens (including phenoxy) is 1. The zero-order valence-corrected chi connectivity index (χ0v) is 34.9. The lowest BCUT2D eigenvalue weighted by Gasteiger charge is -2.40. The third-order valence-electron chi connectivity index (χ3n) is 13.2. The van der Waals surface area contributed by atoms with Crippen molar-refractivity contribution in [2.75, 3.05) is 4.90 Å². The quantitative estimate of drug-likeness (QED) is 0.156. The Morgan fingerprint density at radius 3 is 1.45 bits per heavy atom. The van der Waals surface area contributed by atoms with Crippen LogP contribution in [0.4, 0.5) is 17.1 Å². The number of hydrogen-bond donors (Lipinski definition) is 0. The van der Waals surface area contributed by atoms with Gasteiger partial charge in [-0.2, -0.15) is 0 Å². The van der Waals surface area contributed by atoms with Gasteiger partial charge in [-0.15, -0.1) is 0 Å². The largest absolute Gasteiger partial charge is 0.458 e. The van der Waals surface area contributed by atoms with E-state index in [0.717, 1.165) is 45.3 Å². The van der Waals surface area contributed by atoms with Crippen molar-refractivity contribution in [2.24, 2.45) is 0 Å². The van der Waals surface area contributed by atoms with Crippen molar-refractivity contribution in [1.82, 2.24) is 4.57 Å². The van der Waals surface area contributed by atoms with Crippen LogP contribution in [0.2, 0.25) is 0 Å². The van der Waals surface area contributed by atoms with Crippen LogP contribution in [-0.2, 0) is 0 Å². The van der Waals surface area contributed by atoms with E-state index in [-0.39, 0.29) is 6.71 Å². The number of nitrogens with zero attached hydrogens (tertiary/aromatic N) is 2. The lowest BCUT2D eigenvalue weighted by molar-refractivity contribution is 0.487. The Bertz CT molecular complexity index is 3470. The number of rotatable bonds is 6. The summed E-state index contributed by atoms with van der Waals surface area (Å²) < 4.78 is 9.68. The first-order chi connectivity index (χ1) is 31.8. The predicted molar refractivity (Wildman–Crippen MR) is 268 cm³/mol. The summed E-state index contributed by atoms with van der Waals surface area (Å²) >= 11 is 0. The van der Waals surface area contributed by atoms with Crippen LogP contribution in [0.1, 0.15) is 0 Å². The van der Waals surface area contributed by atoms with E-state index in [9.17, 15) is 0 Å². The highest BCUT2D eigenvalue weighted by Gasteiger charge is 2.42. The average molecular weight is 815 g/mol. The van der Waals surface area contributed by atoms with Gasteiger partial charge in [-0.1, -0.05) is 200 Å². The Kier molecular flexibility index (Phi) is 8.32. The molecule has 2 aliphatic heterocycles. The van der Waals surface area contributed by atoms with Gasteiger partial charge in [0, 0.05) is 45.0 Å². The monoisotopic (exact) mass is 814 g/mol. The Balaban J connectivity index is 1.13. The van der Waals surface area contributed by atoms with E-state index in [2.05, 4.69) is 246 Å². The van der Waals surface area contributed by atoms with E-state index in [1.165, 1.54) is 71.7 Å². The molecule has 0 saturated heterocycles. The molecule has 4 heteroatoms. The van der Waals surface area contributed by atoms with E-state index in [4.69, 9.17) is 4.74 Å². The first-order valence-electron chi connectivity index (χ1n) is 22.0. The minimum atomic E-state index is -0.0552. The minimum Gasteiger partial charge on any atom is -0.458 e. The second-order valence-electron chi connectivity index (χ2n) is 16.8. The fraction of sp³-hybridized carbons (Fsp3) is 0. The van der Waals surface area contributed by atoms with Crippen LogP contribution in [0.15, 0.2) is 237 Å². The van der Waals surface area contributed by atoms with Gasteiger partial charge < -0.3 is 14.2 Å². The third kappa shape index (κ3) is 5.70. The third-order valence-corrected chi connectivity index (χ3v) is 13.2. The molecule has 0 saturated carbocycles. The zero-order valence-electron chi connectivity index (χ0n) is 34.9. The van der Waals surface area contributed by atoms with E-state index in [1.54, 1.807) is 0 Å². The first kappa shape index (κ1) is 36.3. The number of benzene rings is 10. The molecule has 0 amide bonds. The van der Waals surface area contributed by atoms with Gasteiger partial charge in [0.1, 0.15) is 11.5 Å². The Hall–Kier alpha value is -8.34. The van der Waals surface area contributed by atoms with Gasteiger partial charge in [0.25, 0.3) is 6.71 Å². The number of fused-ring (bicyclic) bond motifs is 7. The molecule has 0 N–H and O–H groups in total. The maximum Gasteiger partial charge on any atom is 0.256 e. The number of anilines is 3. The molecular formula is C60H39BN2O. The second-order valence-corrected chi connectivity index (χ2v) is 16.8. The number of hydrogen-bond acceptors (Lipinski definition) is 2. The van der Waals surface area contributed by atoms with Crippen molar-refractivity contribution in [2.45, 2.75) is 0 Å². The molecule has 0 bridgehead atoms. The summed E-state index contributed by atoms with van der Waals surface area (Å²) in [5.74, 6) is 1.75. The fourth-order valence-electron chi connectivity index (χ4n) is 10.4. The molecule has 10 aromatic carbocycles. The van der Waals surface area contributed by atoms with E-state index in [1.807, 2.05) is 0 Å². The minimum absolute atomic E-state index is 0.0552. The summed E-state index contributed by atoms with van der Waals surface area (Å²) in [6.07, 6.45) is 0. The normalized spacial score (nSPS) is 12.4. The first-order valence-corrected chi connectivity index (χ1v) is 22.0. The molecule has 3 heterocycles. The molecule has 0 radical (unpaired) electrons. The van der Waals surface area contributed by atoms with Gasteiger partial charge in [-0.3, -0.25) is 0 Å². The number of para-hydroxylation sites is 3. The molecule has 0 fully saturated rings. The highest BCUT2D eigenvalue weighted by atomic mass is 16.5. The van der Waals surface area contributed by atoms with E-state index < -0.39 is 0 Å². The summed E-state index contributed by atoms with van der Waals surface area (Å²) in [5, 5.41) is 2.41. The van der Waals surface area contributed by atoms with Gasteiger partial charge in [-0.25, -0.2) is 0 Å². The summed E-state index contributed by atoms with van der Waals surface area (Å²) in [4.78, 5) is 2.47. The van der Waals surface area contributed by atoms with Crippen LogP contribution >= 0.6 is 0 Å². The molecular weight excluding hydrogens is 775 g/mol. The van der Waals surface area contributed by atoms with Crippen LogP contribution in [-0.4, -0.2) is 11.3 Å². The standard InChI is InChI=1S/C60H39BN2O/c1-5-17-40(18-6-1)42-31-34-46(35-32-42)62-54-36-33-45(41-19-7-2-8-20-41)37-53(54)61-52-29-13-14-30-56(52)64-57-39-47(38-55(62)58(57)61)63-59-48(43-21-9-3-10-22-43)25-15-27-50(59)51-28-16-26-49(60(51)63)44-23-11-4-12-24-44/h1-39H. The molecule has 1 aromatic heterocycles.